The molecule has 2 heteroatoms. The monoisotopic (exact) mass is 186 g/mol. The second-order valence-corrected chi connectivity index (χ2v) is 4.34. The van der Waals surface area contributed by atoms with Crippen LogP contribution in [-0.2, 0) is 0 Å². The first kappa shape index (κ1) is 12.9. The third-order valence-corrected chi connectivity index (χ3v) is 2.40. The maximum absolute atomic E-state index is 5.49. The smallest absolute Gasteiger partial charge is 0.0213 e. The third kappa shape index (κ3) is 8.26. The van der Waals surface area contributed by atoms with Crippen LogP contribution in [0.4, 0.5) is 0 Å². The first-order chi connectivity index (χ1) is 6.20. The number of hydrogen-bond acceptors (Lipinski definition) is 2. The van der Waals surface area contributed by atoms with Crippen molar-refractivity contribution in [1.29, 1.82) is 0 Å². The third-order valence-electron chi connectivity index (χ3n) is 2.40. The zero-order valence-electron chi connectivity index (χ0n) is 9.47. The van der Waals surface area contributed by atoms with Crippen molar-refractivity contribution in [1.82, 2.24) is 5.43 Å². The molecule has 0 aromatic carbocycles. The van der Waals surface area contributed by atoms with Crippen LogP contribution in [0.2, 0.25) is 0 Å². The molecule has 0 heterocycles. The first-order valence-corrected chi connectivity index (χ1v) is 5.66. The molecular weight excluding hydrogens is 160 g/mol. The van der Waals surface area contributed by atoms with E-state index >= 15 is 0 Å². The summed E-state index contributed by atoms with van der Waals surface area (Å²) < 4.78 is 0. The number of unbranched alkanes of at least 4 members (excludes halogenated alkanes) is 3. The molecule has 0 rings (SSSR count). The quantitative estimate of drug-likeness (QED) is 0.347. The molecule has 0 aliphatic carbocycles. The predicted octanol–water partition coefficient (Wildman–Crippen LogP) is 2.83. The molecule has 0 bridgehead atoms. The van der Waals surface area contributed by atoms with Gasteiger partial charge in [-0.15, -0.1) is 0 Å². The second kappa shape index (κ2) is 8.52. The lowest BCUT2D eigenvalue weighted by Gasteiger charge is -2.17. The van der Waals surface area contributed by atoms with Crippen molar-refractivity contribution < 1.29 is 0 Å². The summed E-state index contributed by atoms with van der Waals surface area (Å²) in [5.41, 5.74) is 2.91. The van der Waals surface area contributed by atoms with Crippen LogP contribution in [0.3, 0.4) is 0 Å². The summed E-state index contributed by atoms with van der Waals surface area (Å²) in [6.45, 7) is 6.74. The van der Waals surface area contributed by atoms with E-state index in [0.29, 0.717) is 6.04 Å². The van der Waals surface area contributed by atoms with E-state index in [9.17, 15) is 0 Å². The van der Waals surface area contributed by atoms with Gasteiger partial charge in [0.2, 0.25) is 0 Å². The van der Waals surface area contributed by atoms with E-state index in [0.717, 1.165) is 5.92 Å². The zero-order valence-corrected chi connectivity index (χ0v) is 9.47. The summed E-state index contributed by atoms with van der Waals surface area (Å²) in [4.78, 5) is 0. The maximum Gasteiger partial charge on any atom is 0.0213 e. The maximum atomic E-state index is 5.49. The van der Waals surface area contributed by atoms with Gasteiger partial charge < -0.3 is 0 Å². The van der Waals surface area contributed by atoms with Crippen molar-refractivity contribution >= 4 is 0 Å². The fourth-order valence-corrected chi connectivity index (χ4v) is 1.66. The van der Waals surface area contributed by atoms with Gasteiger partial charge in [-0.3, -0.25) is 11.3 Å². The molecular formula is C11H26N2. The first-order valence-electron chi connectivity index (χ1n) is 5.66. The van der Waals surface area contributed by atoms with Crippen LogP contribution >= 0.6 is 0 Å². The number of rotatable bonds is 8. The molecule has 0 fully saturated rings. The fraction of sp³-hybridized carbons (Fsp3) is 1.00. The van der Waals surface area contributed by atoms with Gasteiger partial charge >= 0.3 is 0 Å². The highest BCUT2D eigenvalue weighted by Crippen LogP contribution is 2.11. The highest BCUT2D eigenvalue weighted by molar-refractivity contribution is 4.65. The summed E-state index contributed by atoms with van der Waals surface area (Å²) >= 11 is 0. The molecule has 0 aromatic rings. The number of nitrogens with one attached hydrogen (secondary N) is 1. The van der Waals surface area contributed by atoms with Crippen molar-refractivity contribution in [2.24, 2.45) is 11.8 Å². The Kier molecular flexibility index (Phi) is 8.46. The number of hydrogen-bond donors (Lipinski definition) is 2. The van der Waals surface area contributed by atoms with E-state index in [2.05, 4.69) is 26.2 Å². The highest BCUT2D eigenvalue weighted by Gasteiger charge is 2.07. The van der Waals surface area contributed by atoms with Crippen LogP contribution in [0.25, 0.3) is 0 Å². The molecule has 13 heavy (non-hydrogen) atoms. The number of nitrogens with two attached hydrogens (primary N) is 1. The van der Waals surface area contributed by atoms with E-state index in [4.69, 9.17) is 5.84 Å². The van der Waals surface area contributed by atoms with E-state index in [1.165, 1.54) is 38.5 Å². The largest absolute Gasteiger partial charge is 0.271 e. The molecule has 2 nitrogen and oxygen atoms in total. The molecule has 1 atom stereocenters. The summed E-state index contributed by atoms with van der Waals surface area (Å²) in [6.07, 6.45) is 7.77. The predicted molar refractivity (Wildman–Crippen MR) is 59.3 cm³/mol. The van der Waals surface area contributed by atoms with Gasteiger partial charge in [0.25, 0.3) is 0 Å². The Balaban J connectivity index is 3.36. The van der Waals surface area contributed by atoms with E-state index in [1.807, 2.05) is 0 Å². The average molecular weight is 186 g/mol. The lowest BCUT2D eigenvalue weighted by atomic mass is 9.99. The topological polar surface area (TPSA) is 38.0 Å². The Morgan fingerprint density at radius 2 is 1.85 bits per heavy atom. The molecule has 0 amide bonds. The second-order valence-electron chi connectivity index (χ2n) is 4.34. The van der Waals surface area contributed by atoms with E-state index < -0.39 is 0 Å². The van der Waals surface area contributed by atoms with Gasteiger partial charge in [0.15, 0.2) is 0 Å². The Morgan fingerprint density at radius 1 is 1.15 bits per heavy atom. The minimum atomic E-state index is 0.525. The Labute approximate surface area is 83.2 Å². The molecule has 0 saturated carbocycles. The normalized spacial score (nSPS) is 13.6. The Bertz CT molecular complexity index is 102. The SMILES string of the molecule is CCCCCCC(CC(C)C)NN. The van der Waals surface area contributed by atoms with Crippen LogP contribution in [0.15, 0.2) is 0 Å². The Hall–Kier alpha value is -0.0800. The average Bonchev–Trinajstić information content (AvgIpc) is 2.09. The fourth-order valence-electron chi connectivity index (χ4n) is 1.66. The summed E-state index contributed by atoms with van der Waals surface area (Å²) in [6, 6.07) is 0.525. The lowest BCUT2D eigenvalue weighted by Crippen LogP contribution is -2.36. The van der Waals surface area contributed by atoms with Gasteiger partial charge in [-0.05, 0) is 18.8 Å². The summed E-state index contributed by atoms with van der Waals surface area (Å²) in [5.74, 6) is 6.23. The van der Waals surface area contributed by atoms with Crippen molar-refractivity contribution in [2.45, 2.75) is 65.3 Å². The summed E-state index contributed by atoms with van der Waals surface area (Å²) in [5, 5.41) is 0. The Morgan fingerprint density at radius 3 is 2.31 bits per heavy atom. The lowest BCUT2D eigenvalue weighted by molar-refractivity contribution is 0.391. The van der Waals surface area contributed by atoms with Crippen molar-refractivity contribution in [3.63, 3.8) is 0 Å². The van der Waals surface area contributed by atoms with Crippen LogP contribution < -0.4 is 11.3 Å². The molecule has 0 radical (unpaired) electrons. The van der Waals surface area contributed by atoms with E-state index in [1.54, 1.807) is 0 Å². The van der Waals surface area contributed by atoms with E-state index in [-0.39, 0.29) is 0 Å². The van der Waals surface area contributed by atoms with Crippen molar-refractivity contribution in [3.8, 4) is 0 Å². The zero-order chi connectivity index (χ0) is 10.1. The van der Waals surface area contributed by atoms with Crippen LogP contribution in [0.1, 0.15) is 59.3 Å². The molecule has 80 valence electrons. The molecule has 3 N–H and O–H groups in total. The van der Waals surface area contributed by atoms with Crippen molar-refractivity contribution in [3.05, 3.63) is 0 Å². The van der Waals surface area contributed by atoms with Crippen molar-refractivity contribution in [2.75, 3.05) is 0 Å². The molecule has 0 aliphatic rings. The van der Waals surface area contributed by atoms with Crippen LogP contribution in [-0.4, -0.2) is 6.04 Å². The van der Waals surface area contributed by atoms with Gasteiger partial charge in [-0.1, -0.05) is 46.5 Å². The minimum Gasteiger partial charge on any atom is -0.271 e. The molecule has 1 unspecified atom stereocenters. The molecule has 0 saturated heterocycles. The molecule has 0 aromatic heterocycles. The van der Waals surface area contributed by atoms with Gasteiger partial charge in [0, 0.05) is 6.04 Å². The standard InChI is InChI=1S/C11H26N2/c1-4-5-6-7-8-11(13-12)9-10(2)3/h10-11,13H,4-9,12H2,1-3H3. The van der Waals surface area contributed by atoms with Gasteiger partial charge in [0.05, 0.1) is 0 Å². The van der Waals surface area contributed by atoms with Gasteiger partial charge in [-0.2, -0.15) is 0 Å². The van der Waals surface area contributed by atoms with Crippen LogP contribution in [0.5, 0.6) is 0 Å². The minimum absolute atomic E-state index is 0.525. The highest BCUT2D eigenvalue weighted by atomic mass is 15.2. The molecule has 0 aliphatic heterocycles. The van der Waals surface area contributed by atoms with Crippen LogP contribution in [0, 0.1) is 5.92 Å². The summed E-state index contributed by atoms with van der Waals surface area (Å²) in [7, 11) is 0. The number of hydrazine groups is 1. The van der Waals surface area contributed by atoms with Gasteiger partial charge in [0.1, 0.15) is 0 Å². The molecule has 0 spiro atoms. The van der Waals surface area contributed by atoms with Gasteiger partial charge in [-0.25, -0.2) is 0 Å².